The number of amides is 2. The molecular formula is C26H28N4OP. The summed E-state index contributed by atoms with van der Waals surface area (Å²) in [6.45, 7) is 7.87. The van der Waals surface area contributed by atoms with E-state index in [4.69, 9.17) is 10.5 Å². The molecule has 0 bridgehead atoms. The fraction of sp³-hybridized carbons (Fsp3) is 0.231. The van der Waals surface area contributed by atoms with Gasteiger partial charge in [-0.25, -0.2) is 14.8 Å². The average Bonchev–Trinajstić information content (AvgIpc) is 2.81. The molecule has 0 spiro atoms. The van der Waals surface area contributed by atoms with Crippen LogP contribution in [-0.4, -0.2) is 34.0 Å². The van der Waals surface area contributed by atoms with Crippen molar-refractivity contribution in [3.63, 3.8) is 0 Å². The van der Waals surface area contributed by atoms with Crippen LogP contribution in [0.2, 0.25) is 0 Å². The van der Waals surface area contributed by atoms with Gasteiger partial charge in [0.15, 0.2) is 5.84 Å². The molecule has 32 heavy (non-hydrogen) atoms. The molecule has 3 aromatic rings. The molecule has 5 nitrogen and oxygen atoms in total. The zero-order chi connectivity index (χ0) is 22.7. The maximum Gasteiger partial charge on any atom is 0.361 e. The number of rotatable bonds is 6. The standard InChI is InChI=1S/C26H28N4OP/c1-19(2)29-26(31)30(20(3)4)28-25(27-29)23-17-11-12-18-24(23)32(21-13-7-5-8-14-21)22-15-9-6-10-16-22/h5-20H,1-4H3. The van der Waals surface area contributed by atoms with Crippen LogP contribution in [0, 0.1) is 0 Å². The van der Waals surface area contributed by atoms with Gasteiger partial charge in [-0.1, -0.05) is 84.9 Å². The van der Waals surface area contributed by atoms with Gasteiger partial charge in [-0.2, -0.15) is 0 Å². The Morgan fingerprint density at radius 2 is 1.19 bits per heavy atom. The summed E-state index contributed by atoms with van der Waals surface area (Å²) < 4.78 is 0. The summed E-state index contributed by atoms with van der Waals surface area (Å²) in [6, 6.07) is 29.1. The van der Waals surface area contributed by atoms with E-state index < -0.39 is 7.92 Å². The number of urea groups is 1. The SMILES string of the molecule is CC(C)N1[N]C(c2ccccc2P(c2ccccc2)c2ccccc2)=NN(C(C)C)C1=O. The molecule has 1 aliphatic heterocycles. The number of carbonyl (C=O) groups is 1. The Bertz CT molecular complexity index is 1060. The highest BCUT2D eigenvalue weighted by Crippen LogP contribution is 2.34. The van der Waals surface area contributed by atoms with Gasteiger partial charge in [-0.15, -0.1) is 10.5 Å². The maximum atomic E-state index is 12.9. The average molecular weight is 444 g/mol. The smallest absolute Gasteiger partial charge is 0.244 e. The van der Waals surface area contributed by atoms with Gasteiger partial charge >= 0.3 is 6.03 Å². The Labute approximate surface area is 191 Å². The van der Waals surface area contributed by atoms with E-state index in [0.717, 1.165) is 5.56 Å². The molecule has 1 radical (unpaired) electrons. The van der Waals surface area contributed by atoms with Gasteiger partial charge in [-0.3, -0.25) is 0 Å². The van der Waals surface area contributed by atoms with Crippen molar-refractivity contribution in [1.29, 1.82) is 0 Å². The zero-order valence-corrected chi connectivity index (χ0v) is 19.8. The van der Waals surface area contributed by atoms with E-state index in [1.165, 1.54) is 25.9 Å². The van der Waals surface area contributed by atoms with Gasteiger partial charge in [0.25, 0.3) is 0 Å². The van der Waals surface area contributed by atoms with Crippen LogP contribution in [0.1, 0.15) is 33.3 Å². The lowest BCUT2D eigenvalue weighted by Crippen LogP contribution is -2.56. The van der Waals surface area contributed by atoms with Crippen LogP contribution in [-0.2, 0) is 0 Å². The zero-order valence-electron chi connectivity index (χ0n) is 18.9. The summed E-state index contributed by atoms with van der Waals surface area (Å²) in [5.41, 5.74) is 5.65. The fourth-order valence-electron chi connectivity index (χ4n) is 3.63. The molecule has 163 valence electrons. The number of carbonyl (C=O) groups excluding carboxylic acids is 1. The van der Waals surface area contributed by atoms with Crippen molar-refractivity contribution >= 4 is 35.7 Å². The van der Waals surface area contributed by atoms with Crippen molar-refractivity contribution in [3.8, 4) is 0 Å². The molecule has 2 amide bonds. The second-order valence-corrected chi connectivity index (χ2v) is 10.4. The molecule has 3 aromatic carbocycles. The lowest BCUT2D eigenvalue weighted by molar-refractivity contribution is 0.104. The lowest BCUT2D eigenvalue weighted by atomic mass is 10.2. The highest BCUT2D eigenvalue weighted by Gasteiger charge is 2.34. The molecule has 0 saturated heterocycles. The molecule has 1 heterocycles. The third-order valence-electron chi connectivity index (χ3n) is 5.19. The molecule has 0 aromatic heterocycles. The number of amidine groups is 1. The molecule has 6 heteroatoms. The molecule has 0 unspecified atom stereocenters. The van der Waals surface area contributed by atoms with Crippen molar-refractivity contribution in [2.45, 2.75) is 39.8 Å². The molecule has 1 aliphatic rings. The van der Waals surface area contributed by atoms with E-state index in [9.17, 15) is 4.79 Å². The number of hydrogen-bond donors (Lipinski definition) is 0. The first-order valence-electron chi connectivity index (χ1n) is 10.9. The topological polar surface area (TPSA) is 50.0 Å². The Hall–Kier alpha value is -3.17. The van der Waals surface area contributed by atoms with Crippen molar-refractivity contribution in [3.05, 3.63) is 90.5 Å². The second-order valence-electron chi connectivity index (χ2n) is 8.21. The molecule has 0 aliphatic carbocycles. The summed E-state index contributed by atoms with van der Waals surface area (Å²) in [5, 5.41) is 11.5. The number of hydrazone groups is 1. The van der Waals surface area contributed by atoms with Gasteiger partial charge in [-0.05, 0) is 51.5 Å². The van der Waals surface area contributed by atoms with Gasteiger partial charge in [0.05, 0.1) is 12.1 Å². The van der Waals surface area contributed by atoms with Gasteiger partial charge in [0.1, 0.15) is 0 Å². The Balaban J connectivity index is 1.88. The van der Waals surface area contributed by atoms with Crippen LogP contribution >= 0.6 is 7.92 Å². The molecule has 4 rings (SSSR count). The van der Waals surface area contributed by atoms with Crippen molar-refractivity contribution in [1.82, 2.24) is 15.4 Å². The van der Waals surface area contributed by atoms with E-state index in [-0.39, 0.29) is 18.1 Å². The van der Waals surface area contributed by atoms with Crippen LogP contribution in [0.3, 0.4) is 0 Å². The third-order valence-corrected chi connectivity index (χ3v) is 7.69. The van der Waals surface area contributed by atoms with Crippen molar-refractivity contribution in [2.75, 3.05) is 0 Å². The maximum absolute atomic E-state index is 12.9. The Kier molecular flexibility index (Phi) is 6.57. The summed E-state index contributed by atoms with van der Waals surface area (Å²) >= 11 is 0. The molecule has 0 N–H and O–H groups in total. The first-order chi connectivity index (χ1) is 15.5. The van der Waals surface area contributed by atoms with Gasteiger partial charge in [0, 0.05) is 5.56 Å². The van der Waals surface area contributed by atoms with Crippen LogP contribution in [0.15, 0.2) is 90.0 Å². The summed E-state index contributed by atoms with van der Waals surface area (Å²) in [4.78, 5) is 12.9. The third kappa shape index (κ3) is 4.39. The van der Waals surface area contributed by atoms with E-state index in [1.54, 1.807) is 0 Å². The Morgan fingerprint density at radius 3 is 1.72 bits per heavy atom. The molecule has 0 fully saturated rings. The fourth-order valence-corrected chi connectivity index (χ4v) is 6.08. The summed E-state index contributed by atoms with van der Waals surface area (Å²) in [7, 11) is -0.825. The molecule has 0 saturated carbocycles. The monoisotopic (exact) mass is 443 g/mol. The predicted octanol–water partition coefficient (Wildman–Crippen LogP) is 4.18. The number of nitrogens with zero attached hydrogens (tertiary/aromatic N) is 4. The quantitative estimate of drug-likeness (QED) is 0.528. The highest BCUT2D eigenvalue weighted by molar-refractivity contribution is 7.80. The van der Waals surface area contributed by atoms with E-state index >= 15 is 0 Å². The lowest BCUT2D eigenvalue weighted by Gasteiger charge is -2.36. The first-order valence-corrected chi connectivity index (χ1v) is 12.2. The largest absolute Gasteiger partial charge is 0.361 e. The minimum atomic E-state index is -0.825. The first kappa shape index (κ1) is 22.0. The van der Waals surface area contributed by atoms with Gasteiger partial charge < -0.3 is 0 Å². The molecular weight excluding hydrogens is 415 g/mol. The number of benzene rings is 3. The predicted molar refractivity (Wildman–Crippen MR) is 133 cm³/mol. The van der Waals surface area contributed by atoms with Crippen LogP contribution < -0.4 is 21.3 Å². The van der Waals surface area contributed by atoms with Gasteiger partial charge in [0.2, 0.25) is 0 Å². The normalized spacial score (nSPS) is 14.2. The van der Waals surface area contributed by atoms with E-state index in [2.05, 4.69) is 66.7 Å². The summed E-state index contributed by atoms with van der Waals surface area (Å²) in [6.07, 6.45) is 0. The summed E-state index contributed by atoms with van der Waals surface area (Å²) in [5.74, 6) is 0.571. The highest BCUT2D eigenvalue weighted by atomic mass is 31.1. The van der Waals surface area contributed by atoms with Crippen LogP contribution in [0.5, 0.6) is 0 Å². The van der Waals surface area contributed by atoms with Crippen LogP contribution in [0.4, 0.5) is 4.79 Å². The van der Waals surface area contributed by atoms with E-state index in [0.29, 0.717) is 5.84 Å². The second kappa shape index (κ2) is 9.54. The molecule has 0 atom stereocenters. The van der Waals surface area contributed by atoms with Crippen LogP contribution in [0.25, 0.3) is 0 Å². The van der Waals surface area contributed by atoms with E-state index in [1.807, 2.05) is 45.9 Å². The minimum Gasteiger partial charge on any atom is -0.244 e. The Morgan fingerprint density at radius 1 is 0.688 bits per heavy atom. The van der Waals surface area contributed by atoms with Crippen molar-refractivity contribution in [2.24, 2.45) is 5.10 Å². The minimum absolute atomic E-state index is 0.0637. The number of hydrogen-bond acceptors (Lipinski definition) is 2. The van der Waals surface area contributed by atoms with Crippen molar-refractivity contribution < 1.29 is 4.79 Å².